The van der Waals surface area contributed by atoms with Gasteiger partial charge in [-0.2, -0.15) is 0 Å². The molecule has 0 radical (unpaired) electrons. The highest BCUT2D eigenvalue weighted by Gasteiger charge is 2.41. The molecule has 0 aliphatic rings. The maximum absolute atomic E-state index is 15.9. The zero-order valence-electron chi connectivity index (χ0n) is 26.4. The third-order valence-corrected chi connectivity index (χ3v) is 9.17. The molecule has 0 nitrogen and oxygen atoms in total. The third-order valence-electron chi connectivity index (χ3n) is 8.12. The molecule has 0 saturated heterocycles. The minimum atomic E-state index is -3.19. The molecule has 0 heterocycles. The van der Waals surface area contributed by atoms with Crippen molar-refractivity contribution < 1.29 is 87.8 Å². The van der Waals surface area contributed by atoms with Crippen LogP contribution in [-0.4, -0.2) is 0 Å². The average molecular weight is 850 g/mol. The molecule has 0 aliphatic carbocycles. The summed E-state index contributed by atoms with van der Waals surface area (Å²) in [4.78, 5) is -1.84. The summed E-state index contributed by atoms with van der Waals surface area (Å²) in [5, 5.41) is 0. The fourth-order valence-corrected chi connectivity index (χ4v) is 6.65. The van der Waals surface area contributed by atoms with E-state index in [-0.39, 0.29) is 22.7 Å². The van der Waals surface area contributed by atoms with E-state index < -0.39 is 166 Å². The number of benzene rings is 6. The number of rotatable bonds is 6. The predicted molar refractivity (Wildman–Crippen MR) is 158 cm³/mol. The molecule has 6 rings (SSSR count). The van der Waals surface area contributed by atoms with Crippen molar-refractivity contribution in [3.05, 3.63) is 153 Å². The van der Waals surface area contributed by atoms with Gasteiger partial charge in [0.05, 0.1) is 22.3 Å². The smallest absolute Gasteiger partial charge is 0.200 e. The summed E-state index contributed by atoms with van der Waals surface area (Å²) < 4.78 is 302. The average Bonchev–Trinajstić information content (AvgIpc) is 3.19. The van der Waals surface area contributed by atoms with Crippen molar-refractivity contribution >= 4 is 11.8 Å². The topological polar surface area (TPSA) is 0 Å². The first-order valence-corrected chi connectivity index (χ1v) is 15.5. The van der Waals surface area contributed by atoms with E-state index in [0.717, 1.165) is 24.3 Å². The second-order valence-corrected chi connectivity index (χ2v) is 12.4. The van der Waals surface area contributed by atoms with Gasteiger partial charge in [0.2, 0.25) is 23.3 Å². The van der Waals surface area contributed by atoms with Crippen LogP contribution in [0.1, 0.15) is 0 Å². The van der Waals surface area contributed by atoms with Crippen molar-refractivity contribution in [2.45, 2.75) is 9.79 Å². The predicted octanol–water partition coefficient (Wildman–Crippen LogP) is 13.3. The van der Waals surface area contributed by atoms with E-state index in [4.69, 9.17) is 0 Å². The van der Waals surface area contributed by atoms with Crippen LogP contribution in [0.2, 0.25) is 0 Å². The van der Waals surface area contributed by atoms with Crippen molar-refractivity contribution in [3.8, 4) is 44.5 Å². The molecule has 0 saturated carbocycles. The molecule has 21 heteroatoms. The molecular formula is C36H6F20S. The molecule has 0 aromatic heterocycles. The summed E-state index contributed by atoms with van der Waals surface area (Å²) in [6.45, 7) is 0. The summed E-state index contributed by atoms with van der Waals surface area (Å²) in [7, 11) is 0. The molecule has 0 bridgehead atoms. The van der Waals surface area contributed by atoms with E-state index in [9.17, 15) is 52.7 Å². The van der Waals surface area contributed by atoms with Crippen molar-refractivity contribution in [1.82, 2.24) is 0 Å². The summed E-state index contributed by atoms with van der Waals surface area (Å²) in [6, 6.07) is 5.30. The second-order valence-electron chi connectivity index (χ2n) is 11.2. The molecule has 0 unspecified atom stereocenters. The molecule has 0 atom stereocenters. The van der Waals surface area contributed by atoms with Crippen molar-refractivity contribution in [2.75, 3.05) is 0 Å². The van der Waals surface area contributed by atoms with Gasteiger partial charge in [-0.1, -0.05) is 30.0 Å². The first-order valence-electron chi connectivity index (χ1n) is 14.7. The van der Waals surface area contributed by atoms with E-state index in [2.05, 4.69) is 0 Å². The summed E-state index contributed by atoms with van der Waals surface area (Å²) in [5.74, 6) is -61.7. The second kappa shape index (κ2) is 14.6. The Morgan fingerprint density at radius 3 is 0.842 bits per heavy atom. The van der Waals surface area contributed by atoms with Gasteiger partial charge in [0.25, 0.3) is 0 Å². The molecule has 0 fully saturated rings. The van der Waals surface area contributed by atoms with Crippen molar-refractivity contribution in [2.24, 2.45) is 0 Å². The Morgan fingerprint density at radius 2 is 0.509 bits per heavy atom. The van der Waals surface area contributed by atoms with Crippen LogP contribution < -0.4 is 0 Å². The largest absolute Gasteiger partial charge is 0.203 e. The summed E-state index contributed by atoms with van der Waals surface area (Å²) in [5.41, 5.74) is -20.1. The molecule has 0 N–H and O–H groups in total. The molecule has 57 heavy (non-hydrogen) atoms. The highest BCUT2D eigenvalue weighted by molar-refractivity contribution is 7.99. The molecule has 6 aromatic carbocycles. The Morgan fingerprint density at radius 1 is 0.246 bits per heavy atom. The maximum Gasteiger partial charge on any atom is 0.200 e. The van der Waals surface area contributed by atoms with Crippen LogP contribution in [0, 0.1) is 116 Å². The molecule has 0 spiro atoms. The number of hydrogen-bond acceptors (Lipinski definition) is 1. The first-order chi connectivity index (χ1) is 26.7. The van der Waals surface area contributed by atoms with E-state index in [1.807, 2.05) is 0 Å². The quantitative estimate of drug-likeness (QED) is 0.0914. The Bertz CT molecular complexity index is 2600. The van der Waals surface area contributed by atoms with Crippen LogP contribution in [0.5, 0.6) is 0 Å². The van der Waals surface area contributed by atoms with Crippen LogP contribution in [-0.2, 0) is 0 Å². The molecule has 296 valence electrons. The van der Waals surface area contributed by atoms with E-state index >= 15 is 35.1 Å². The van der Waals surface area contributed by atoms with E-state index in [1.54, 1.807) is 0 Å². The van der Waals surface area contributed by atoms with Gasteiger partial charge in [-0.25, -0.2) is 87.8 Å². The first kappa shape index (κ1) is 40.9. The third kappa shape index (κ3) is 6.13. The molecule has 0 aliphatic heterocycles. The van der Waals surface area contributed by atoms with E-state index in [0.29, 0.717) is 0 Å². The van der Waals surface area contributed by atoms with Crippen LogP contribution in [0.3, 0.4) is 0 Å². The lowest BCUT2D eigenvalue weighted by atomic mass is 9.81. The van der Waals surface area contributed by atoms with Crippen molar-refractivity contribution in [1.29, 1.82) is 0 Å². The fraction of sp³-hybridized carbons (Fsp3) is 0. The zero-order valence-corrected chi connectivity index (χ0v) is 27.2. The number of halogens is 20. The highest BCUT2D eigenvalue weighted by Crippen LogP contribution is 2.55. The van der Waals surface area contributed by atoms with Gasteiger partial charge in [-0.3, -0.25) is 0 Å². The standard InChI is InChI=1S/C36H6F20S/c37-17-11(18(38)26(46)33(53)25(17)45)8-6-9(57-7-4-2-1-3-5-7)12(15-21(41)29(49)35(55)30(50)22(15)42)13(16-23(43)31(51)36(56)32(52)24(16)44)10(8)14-19(39)27(47)34(54)28(48)20(14)40/h1-6H. The van der Waals surface area contributed by atoms with Gasteiger partial charge < -0.3 is 0 Å². The molecule has 0 amide bonds. The van der Waals surface area contributed by atoms with Gasteiger partial charge >= 0.3 is 0 Å². The highest BCUT2D eigenvalue weighted by atomic mass is 32.2. The van der Waals surface area contributed by atoms with Gasteiger partial charge in [0, 0.05) is 26.5 Å². The van der Waals surface area contributed by atoms with Crippen molar-refractivity contribution in [3.63, 3.8) is 0 Å². The Kier molecular flexibility index (Phi) is 10.5. The maximum atomic E-state index is 15.9. The Balaban J connectivity index is 2.11. The van der Waals surface area contributed by atoms with Crippen LogP contribution in [0.15, 0.2) is 46.2 Å². The lowest BCUT2D eigenvalue weighted by Gasteiger charge is -2.26. The molecule has 6 aromatic rings. The fourth-order valence-electron chi connectivity index (χ4n) is 5.62. The van der Waals surface area contributed by atoms with Gasteiger partial charge in [-0.05, 0) is 23.8 Å². The number of hydrogen-bond donors (Lipinski definition) is 0. The molecular weight excluding hydrogens is 844 g/mol. The summed E-state index contributed by atoms with van der Waals surface area (Å²) in [6.07, 6.45) is 0. The van der Waals surface area contributed by atoms with Gasteiger partial charge in [0.15, 0.2) is 93.1 Å². The minimum Gasteiger partial charge on any atom is -0.203 e. The lowest BCUT2D eigenvalue weighted by Crippen LogP contribution is -2.13. The van der Waals surface area contributed by atoms with Gasteiger partial charge in [-0.15, -0.1) is 0 Å². The van der Waals surface area contributed by atoms with Crippen LogP contribution in [0.25, 0.3) is 44.5 Å². The van der Waals surface area contributed by atoms with Gasteiger partial charge in [0.1, 0.15) is 0 Å². The SMILES string of the molecule is Fc1c(F)c(F)c(-c2cc(Sc3ccccc3)c(-c3c(F)c(F)c(F)c(F)c3F)c(-c3c(F)c(F)c(F)c(F)c3F)c2-c2c(F)c(F)c(F)c(F)c2F)c(F)c1F. The normalized spacial score (nSPS) is 11.6. The zero-order chi connectivity index (χ0) is 42.3. The van der Waals surface area contributed by atoms with Crippen LogP contribution in [0.4, 0.5) is 87.8 Å². The lowest BCUT2D eigenvalue weighted by molar-refractivity contribution is 0.379. The Hall–Kier alpha value is -5.73. The van der Waals surface area contributed by atoms with Crippen LogP contribution >= 0.6 is 11.8 Å². The van der Waals surface area contributed by atoms with E-state index in [1.165, 1.54) is 6.07 Å². The Labute approximate surface area is 306 Å². The summed E-state index contributed by atoms with van der Waals surface area (Å²) >= 11 is -0.153. The monoisotopic (exact) mass is 850 g/mol. The minimum absolute atomic E-state index is 0.153.